The number of hydrogen-bond acceptors (Lipinski definition) is 3. The lowest BCUT2D eigenvalue weighted by molar-refractivity contribution is 0.222. The van der Waals surface area contributed by atoms with Gasteiger partial charge in [-0.25, -0.2) is 0 Å². The summed E-state index contributed by atoms with van der Waals surface area (Å²) in [6.45, 7) is 6.95. The topological polar surface area (TPSA) is 54.7 Å². The van der Waals surface area contributed by atoms with Gasteiger partial charge < -0.3 is 15.0 Å². The lowest BCUT2D eigenvalue weighted by Gasteiger charge is -2.23. The summed E-state index contributed by atoms with van der Waals surface area (Å²) in [6.07, 6.45) is 6.41. The molecule has 2 heterocycles. The Morgan fingerprint density at radius 3 is 2.93 bits per heavy atom. The largest absolute Gasteiger partial charge is 0.489 e. The molecule has 1 aromatic carbocycles. The van der Waals surface area contributed by atoms with Crippen LogP contribution in [-0.4, -0.2) is 53.4 Å². The first kappa shape index (κ1) is 22.5. The van der Waals surface area contributed by atoms with Crippen LogP contribution in [-0.2, 0) is 13.5 Å². The molecule has 1 fully saturated rings. The molecule has 3 rings (SSSR count). The van der Waals surface area contributed by atoms with Crippen LogP contribution in [0.3, 0.4) is 0 Å². The van der Waals surface area contributed by atoms with E-state index in [-0.39, 0.29) is 30.1 Å². The van der Waals surface area contributed by atoms with Crippen LogP contribution in [0.5, 0.6) is 5.75 Å². The molecule has 1 saturated heterocycles. The third-order valence-corrected chi connectivity index (χ3v) is 4.95. The van der Waals surface area contributed by atoms with Crippen molar-refractivity contribution < 1.29 is 4.74 Å². The van der Waals surface area contributed by atoms with Crippen LogP contribution in [0.4, 0.5) is 0 Å². The molecular weight excluding hydrogens is 465 g/mol. The Morgan fingerprint density at radius 1 is 1.43 bits per heavy atom. The number of aryl methyl sites for hydroxylation is 2. The standard InChI is InChI=1S/C21H31N5O.HI/c1-16-6-5-7-20(10-16)27-17(2)12-23-21(22-3)26-9-8-18(15-26)11-19-13-24-25(4)14-19;/h5-7,10,13-14,17-18H,8-9,11-12,15H2,1-4H3,(H,22,23);1H. The highest BCUT2D eigenvalue weighted by molar-refractivity contribution is 14.0. The zero-order valence-corrected chi connectivity index (χ0v) is 19.6. The second kappa shape index (κ2) is 10.7. The van der Waals surface area contributed by atoms with Crippen LogP contribution in [0.1, 0.15) is 24.5 Å². The molecule has 2 aromatic rings. The van der Waals surface area contributed by atoms with Crippen molar-refractivity contribution in [3.8, 4) is 5.75 Å². The van der Waals surface area contributed by atoms with E-state index in [2.05, 4.69) is 52.5 Å². The van der Waals surface area contributed by atoms with E-state index in [4.69, 9.17) is 4.74 Å². The highest BCUT2D eigenvalue weighted by atomic mass is 127. The maximum atomic E-state index is 6.01. The minimum Gasteiger partial charge on any atom is -0.489 e. The fourth-order valence-electron chi connectivity index (χ4n) is 3.63. The van der Waals surface area contributed by atoms with Crippen LogP contribution in [0, 0.1) is 12.8 Å². The Hall–Kier alpha value is -1.77. The first-order valence-electron chi connectivity index (χ1n) is 9.70. The van der Waals surface area contributed by atoms with Gasteiger partial charge in [-0.1, -0.05) is 12.1 Å². The number of likely N-dealkylation sites (tertiary alicyclic amines) is 1. The SMILES string of the molecule is CN=C(NCC(C)Oc1cccc(C)c1)N1CCC(Cc2cnn(C)c2)C1.I. The van der Waals surface area contributed by atoms with Gasteiger partial charge in [-0.05, 0) is 55.9 Å². The van der Waals surface area contributed by atoms with Gasteiger partial charge >= 0.3 is 0 Å². The normalized spacial score (nSPS) is 17.9. The Labute approximate surface area is 185 Å². The minimum atomic E-state index is 0. The van der Waals surface area contributed by atoms with Crippen molar-refractivity contribution in [1.82, 2.24) is 20.0 Å². The Morgan fingerprint density at radius 2 is 2.25 bits per heavy atom. The van der Waals surface area contributed by atoms with Crippen LogP contribution in [0.25, 0.3) is 0 Å². The highest BCUT2D eigenvalue weighted by Gasteiger charge is 2.25. The van der Waals surface area contributed by atoms with Gasteiger partial charge in [-0.15, -0.1) is 24.0 Å². The summed E-state index contributed by atoms with van der Waals surface area (Å²) in [5.41, 5.74) is 2.52. The Bertz CT molecular complexity index is 776. The number of nitrogens with zero attached hydrogens (tertiary/aromatic N) is 4. The van der Waals surface area contributed by atoms with Gasteiger partial charge in [0.2, 0.25) is 0 Å². The minimum absolute atomic E-state index is 0. The van der Waals surface area contributed by atoms with Gasteiger partial charge in [-0.2, -0.15) is 5.10 Å². The van der Waals surface area contributed by atoms with E-state index in [1.54, 1.807) is 0 Å². The van der Waals surface area contributed by atoms with E-state index in [9.17, 15) is 0 Å². The van der Waals surface area contributed by atoms with Crippen LogP contribution < -0.4 is 10.1 Å². The zero-order valence-electron chi connectivity index (χ0n) is 17.3. The molecule has 1 aliphatic heterocycles. The number of hydrogen-bond donors (Lipinski definition) is 1. The van der Waals surface area contributed by atoms with E-state index < -0.39 is 0 Å². The van der Waals surface area contributed by atoms with Crippen LogP contribution >= 0.6 is 24.0 Å². The van der Waals surface area contributed by atoms with Crippen molar-refractivity contribution in [3.63, 3.8) is 0 Å². The third kappa shape index (κ3) is 6.39. The number of rotatable bonds is 6. The van der Waals surface area contributed by atoms with E-state index in [1.165, 1.54) is 17.5 Å². The number of guanidine groups is 1. The monoisotopic (exact) mass is 497 g/mol. The van der Waals surface area contributed by atoms with Crippen LogP contribution in [0.15, 0.2) is 41.7 Å². The van der Waals surface area contributed by atoms with Crippen LogP contribution in [0.2, 0.25) is 0 Å². The van der Waals surface area contributed by atoms with Crippen molar-refractivity contribution >= 4 is 29.9 Å². The molecule has 0 spiro atoms. The van der Waals surface area contributed by atoms with E-state index in [1.807, 2.05) is 37.1 Å². The fourth-order valence-corrected chi connectivity index (χ4v) is 3.63. The number of aromatic nitrogens is 2. The predicted octanol–water partition coefficient (Wildman–Crippen LogP) is 3.25. The zero-order chi connectivity index (χ0) is 19.2. The third-order valence-electron chi connectivity index (χ3n) is 4.95. The summed E-state index contributed by atoms with van der Waals surface area (Å²) in [7, 11) is 3.82. The molecule has 6 nitrogen and oxygen atoms in total. The van der Waals surface area contributed by atoms with Gasteiger partial charge in [0.05, 0.1) is 12.7 Å². The van der Waals surface area contributed by atoms with E-state index in [0.717, 1.165) is 37.8 Å². The quantitative estimate of drug-likeness (QED) is 0.378. The molecule has 0 saturated carbocycles. The smallest absolute Gasteiger partial charge is 0.193 e. The van der Waals surface area contributed by atoms with Gasteiger partial charge in [-0.3, -0.25) is 9.67 Å². The van der Waals surface area contributed by atoms with Crippen molar-refractivity contribution in [2.45, 2.75) is 32.8 Å². The molecule has 154 valence electrons. The molecule has 0 radical (unpaired) electrons. The first-order valence-corrected chi connectivity index (χ1v) is 9.70. The number of ether oxygens (including phenoxy) is 1. The average Bonchev–Trinajstić information content (AvgIpc) is 3.25. The summed E-state index contributed by atoms with van der Waals surface area (Å²) in [5, 5.41) is 7.74. The van der Waals surface area contributed by atoms with Gasteiger partial charge in [0.15, 0.2) is 5.96 Å². The van der Waals surface area contributed by atoms with Crippen molar-refractivity contribution in [1.29, 1.82) is 0 Å². The predicted molar refractivity (Wildman–Crippen MR) is 125 cm³/mol. The lowest BCUT2D eigenvalue weighted by Crippen LogP contribution is -2.43. The van der Waals surface area contributed by atoms with Crippen molar-refractivity contribution in [2.24, 2.45) is 18.0 Å². The Kier molecular flexibility index (Phi) is 8.59. The summed E-state index contributed by atoms with van der Waals surface area (Å²) in [4.78, 5) is 6.82. The average molecular weight is 497 g/mol. The first-order chi connectivity index (χ1) is 13.0. The summed E-state index contributed by atoms with van der Waals surface area (Å²) >= 11 is 0. The van der Waals surface area contributed by atoms with E-state index in [0.29, 0.717) is 5.92 Å². The molecule has 1 aliphatic rings. The molecule has 7 heteroatoms. The summed E-state index contributed by atoms with van der Waals surface area (Å²) < 4.78 is 7.88. The maximum Gasteiger partial charge on any atom is 0.193 e. The van der Waals surface area contributed by atoms with Gasteiger partial charge in [0.1, 0.15) is 11.9 Å². The molecule has 1 N–H and O–H groups in total. The van der Waals surface area contributed by atoms with E-state index >= 15 is 0 Å². The lowest BCUT2D eigenvalue weighted by atomic mass is 10.0. The van der Waals surface area contributed by atoms with Crippen molar-refractivity contribution in [3.05, 3.63) is 47.8 Å². The molecule has 0 bridgehead atoms. The van der Waals surface area contributed by atoms with Gasteiger partial charge in [0.25, 0.3) is 0 Å². The number of aliphatic imine (C=N–C) groups is 1. The molecule has 0 aliphatic carbocycles. The molecule has 2 atom stereocenters. The number of benzene rings is 1. The fraction of sp³-hybridized carbons (Fsp3) is 0.524. The van der Waals surface area contributed by atoms with Crippen molar-refractivity contribution in [2.75, 3.05) is 26.7 Å². The maximum absolute atomic E-state index is 6.01. The molecule has 1 aromatic heterocycles. The number of nitrogens with one attached hydrogen (secondary N) is 1. The number of halogens is 1. The summed E-state index contributed by atoms with van der Waals surface area (Å²) in [5.74, 6) is 2.52. The van der Waals surface area contributed by atoms with Gasteiger partial charge in [0, 0.05) is 33.4 Å². The molecule has 2 unspecified atom stereocenters. The molecule has 0 amide bonds. The highest BCUT2D eigenvalue weighted by Crippen LogP contribution is 2.21. The molecular formula is C21H32IN5O. The second-order valence-corrected chi connectivity index (χ2v) is 7.50. The Balaban J connectivity index is 0.00000280. The second-order valence-electron chi connectivity index (χ2n) is 7.50. The molecule has 28 heavy (non-hydrogen) atoms. The summed E-state index contributed by atoms with van der Waals surface area (Å²) in [6, 6.07) is 8.17.